The lowest BCUT2D eigenvalue weighted by Crippen LogP contribution is -2.36. The van der Waals surface area contributed by atoms with Crippen LogP contribution in [0.15, 0.2) is 24.3 Å². The van der Waals surface area contributed by atoms with E-state index in [4.69, 9.17) is 11.6 Å². The summed E-state index contributed by atoms with van der Waals surface area (Å²) in [6.07, 6.45) is 5.75. The first kappa shape index (κ1) is 19.1. The molecule has 28 heavy (non-hydrogen) atoms. The molecule has 1 saturated carbocycles. The molecule has 0 radical (unpaired) electrons. The normalized spacial score (nSPS) is 15.0. The zero-order valence-corrected chi connectivity index (χ0v) is 17.5. The standard InChI is InChI=1S/C20H22ClN5OS/c1-12-18(19(27)23-15-8-4-3-5-9-15)28-20(22-12)17-13(2)26(25-24-17)16-10-6-7-14(21)11-16/h6-7,10-11,15H,3-5,8-9H2,1-2H3,(H,23,27). The minimum Gasteiger partial charge on any atom is -0.349 e. The van der Waals surface area contributed by atoms with Crippen LogP contribution >= 0.6 is 22.9 Å². The fourth-order valence-corrected chi connectivity index (χ4v) is 4.78. The van der Waals surface area contributed by atoms with Crippen molar-refractivity contribution in [3.8, 4) is 16.4 Å². The van der Waals surface area contributed by atoms with Crippen molar-refractivity contribution >= 4 is 28.8 Å². The average molecular weight is 416 g/mol. The fourth-order valence-electron chi connectivity index (χ4n) is 3.59. The summed E-state index contributed by atoms with van der Waals surface area (Å²) in [6.45, 7) is 3.81. The molecular weight excluding hydrogens is 394 g/mol. The number of carbonyl (C=O) groups is 1. The molecule has 2 aromatic heterocycles. The molecular formula is C20H22ClN5OS. The highest BCUT2D eigenvalue weighted by atomic mass is 35.5. The smallest absolute Gasteiger partial charge is 0.263 e. The van der Waals surface area contributed by atoms with E-state index in [-0.39, 0.29) is 11.9 Å². The quantitative estimate of drug-likeness (QED) is 0.668. The third-order valence-electron chi connectivity index (χ3n) is 5.09. The Morgan fingerprint density at radius 3 is 2.79 bits per heavy atom. The number of aromatic nitrogens is 4. The van der Waals surface area contributed by atoms with Crippen LogP contribution in [0.4, 0.5) is 0 Å². The third-order valence-corrected chi connectivity index (χ3v) is 6.49. The average Bonchev–Trinajstić information content (AvgIpc) is 3.25. The van der Waals surface area contributed by atoms with E-state index in [2.05, 4.69) is 20.6 Å². The second-order valence-electron chi connectivity index (χ2n) is 7.16. The molecule has 1 N–H and O–H groups in total. The summed E-state index contributed by atoms with van der Waals surface area (Å²) in [5.41, 5.74) is 3.11. The van der Waals surface area contributed by atoms with Gasteiger partial charge in [-0.05, 0) is 44.9 Å². The summed E-state index contributed by atoms with van der Waals surface area (Å²) in [4.78, 5) is 18.0. The molecule has 6 nitrogen and oxygen atoms in total. The van der Waals surface area contributed by atoms with Crippen LogP contribution < -0.4 is 5.32 Å². The topological polar surface area (TPSA) is 72.7 Å². The predicted molar refractivity (Wildman–Crippen MR) is 111 cm³/mol. The SMILES string of the molecule is Cc1nc(-c2nnn(-c3cccc(Cl)c3)c2C)sc1C(=O)NC1CCCCC1. The first-order valence-electron chi connectivity index (χ1n) is 9.50. The van der Waals surface area contributed by atoms with Gasteiger partial charge in [0.15, 0.2) is 0 Å². The number of rotatable bonds is 4. The van der Waals surface area contributed by atoms with E-state index < -0.39 is 0 Å². The van der Waals surface area contributed by atoms with Crippen LogP contribution in [0.5, 0.6) is 0 Å². The lowest BCUT2D eigenvalue weighted by molar-refractivity contribution is 0.0931. The second kappa shape index (κ2) is 8.01. The first-order chi connectivity index (χ1) is 13.5. The number of thiazole rings is 1. The van der Waals surface area contributed by atoms with Crippen LogP contribution in [0.25, 0.3) is 16.4 Å². The van der Waals surface area contributed by atoms with Gasteiger partial charge in [-0.3, -0.25) is 4.79 Å². The molecule has 0 saturated heterocycles. The lowest BCUT2D eigenvalue weighted by Gasteiger charge is -2.22. The summed E-state index contributed by atoms with van der Waals surface area (Å²) >= 11 is 7.46. The number of carbonyl (C=O) groups excluding carboxylic acids is 1. The summed E-state index contributed by atoms with van der Waals surface area (Å²) in [7, 11) is 0. The molecule has 1 aliphatic carbocycles. The maximum absolute atomic E-state index is 12.7. The zero-order chi connectivity index (χ0) is 19.7. The van der Waals surface area contributed by atoms with E-state index in [9.17, 15) is 4.79 Å². The van der Waals surface area contributed by atoms with E-state index in [1.165, 1.54) is 30.6 Å². The fraction of sp³-hybridized carbons (Fsp3) is 0.400. The minimum absolute atomic E-state index is 0.0342. The van der Waals surface area contributed by atoms with E-state index in [0.29, 0.717) is 20.6 Å². The molecule has 1 amide bonds. The zero-order valence-electron chi connectivity index (χ0n) is 15.9. The van der Waals surface area contributed by atoms with Gasteiger partial charge >= 0.3 is 0 Å². The molecule has 1 aliphatic rings. The highest BCUT2D eigenvalue weighted by molar-refractivity contribution is 7.17. The largest absolute Gasteiger partial charge is 0.349 e. The van der Waals surface area contributed by atoms with Gasteiger partial charge in [0.2, 0.25) is 0 Å². The van der Waals surface area contributed by atoms with Gasteiger partial charge in [-0.2, -0.15) is 0 Å². The Morgan fingerprint density at radius 2 is 2.04 bits per heavy atom. The Labute approximate surface area is 172 Å². The van der Waals surface area contributed by atoms with Crippen LogP contribution in [-0.4, -0.2) is 31.9 Å². The number of hydrogen-bond donors (Lipinski definition) is 1. The van der Waals surface area contributed by atoms with Crippen molar-refractivity contribution in [2.24, 2.45) is 0 Å². The van der Waals surface area contributed by atoms with Crippen molar-refractivity contribution in [3.63, 3.8) is 0 Å². The van der Waals surface area contributed by atoms with E-state index >= 15 is 0 Å². The summed E-state index contributed by atoms with van der Waals surface area (Å²) in [6, 6.07) is 7.73. The molecule has 146 valence electrons. The van der Waals surface area contributed by atoms with Gasteiger partial charge in [0.1, 0.15) is 15.6 Å². The highest BCUT2D eigenvalue weighted by Gasteiger charge is 2.23. The van der Waals surface area contributed by atoms with E-state index in [1.54, 1.807) is 4.68 Å². The monoisotopic (exact) mass is 415 g/mol. The number of nitrogens with one attached hydrogen (secondary N) is 1. The second-order valence-corrected chi connectivity index (χ2v) is 8.59. The maximum Gasteiger partial charge on any atom is 0.263 e. The van der Waals surface area contributed by atoms with Crippen molar-refractivity contribution < 1.29 is 4.79 Å². The number of halogens is 1. The molecule has 0 bridgehead atoms. The summed E-state index contributed by atoms with van der Waals surface area (Å²) in [5, 5.41) is 13.1. The molecule has 8 heteroatoms. The van der Waals surface area contributed by atoms with E-state index in [0.717, 1.165) is 29.9 Å². The number of aryl methyl sites for hydroxylation is 1. The van der Waals surface area contributed by atoms with Gasteiger partial charge in [0.05, 0.1) is 17.1 Å². The third kappa shape index (κ3) is 3.82. The van der Waals surface area contributed by atoms with Crippen LogP contribution in [-0.2, 0) is 0 Å². The predicted octanol–water partition coefficient (Wildman–Crippen LogP) is 4.72. The lowest BCUT2D eigenvalue weighted by atomic mass is 9.95. The Hall–Kier alpha value is -2.25. The number of hydrogen-bond acceptors (Lipinski definition) is 5. The number of benzene rings is 1. The van der Waals surface area contributed by atoms with Crippen LogP contribution in [0.2, 0.25) is 5.02 Å². The molecule has 3 aromatic rings. The van der Waals surface area contributed by atoms with Gasteiger partial charge in [-0.1, -0.05) is 42.1 Å². The Morgan fingerprint density at radius 1 is 1.25 bits per heavy atom. The molecule has 4 rings (SSSR count). The first-order valence-corrected chi connectivity index (χ1v) is 10.7. The molecule has 1 fully saturated rings. The summed E-state index contributed by atoms with van der Waals surface area (Å²) < 4.78 is 1.74. The van der Waals surface area contributed by atoms with Crippen molar-refractivity contribution in [3.05, 3.63) is 45.6 Å². The Balaban J connectivity index is 1.59. The Bertz CT molecular complexity index is 1010. The molecule has 1 aromatic carbocycles. The maximum atomic E-state index is 12.7. The molecule has 0 atom stereocenters. The minimum atomic E-state index is -0.0342. The van der Waals surface area contributed by atoms with Gasteiger partial charge in [-0.15, -0.1) is 16.4 Å². The van der Waals surface area contributed by atoms with Gasteiger partial charge in [-0.25, -0.2) is 9.67 Å². The number of nitrogens with zero attached hydrogens (tertiary/aromatic N) is 4. The van der Waals surface area contributed by atoms with Crippen LogP contribution in [0.3, 0.4) is 0 Å². The van der Waals surface area contributed by atoms with Gasteiger partial charge in [0, 0.05) is 11.1 Å². The molecule has 2 heterocycles. The molecule has 0 spiro atoms. The highest BCUT2D eigenvalue weighted by Crippen LogP contribution is 2.30. The van der Waals surface area contributed by atoms with E-state index in [1.807, 2.05) is 38.1 Å². The van der Waals surface area contributed by atoms with Gasteiger partial charge in [0.25, 0.3) is 5.91 Å². The van der Waals surface area contributed by atoms with Crippen LogP contribution in [0.1, 0.15) is 53.2 Å². The molecule has 0 unspecified atom stereocenters. The Kier molecular flexibility index (Phi) is 5.46. The summed E-state index contributed by atoms with van der Waals surface area (Å²) in [5.74, 6) is -0.0342. The number of amides is 1. The van der Waals surface area contributed by atoms with Crippen molar-refractivity contribution in [1.29, 1.82) is 0 Å². The van der Waals surface area contributed by atoms with Crippen molar-refractivity contribution in [1.82, 2.24) is 25.3 Å². The van der Waals surface area contributed by atoms with Crippen molar-refractivity contribution in [2.75, 3.05) is 0 Å². The van der Waals surface area contributed by atoms with Crippen LogP contribution in [0, 0.1) is 13.8 Å². The molecule has 0 aliphatic heterocycles. The van der Waals surface area contributed by atoms with Gasteiger partial charge < -0.3 is 5.32 Å². The van der Waals surface area contributed by atoms with Crippen molar-refractivity contribution in [2.45, 2.75) is 52.0 Å².